The van der Waals surface area contributed by atoms with Crippen molar-refractivity contribution in [1.29, 1.82) is 0 Å². The van der Waals surface area contributed by atoms with Gasteiger partial charge in [-0.2, -0.15) is 0 Å². The van der Waals surface area contributed by atoms with Crippen molar-refractivity contribution in [3.8, 4) is 0 Å². The molecule has 0 aliphatic carbocycles. The van der Waals surface area contributed by atoms with E-state index in [1.54, 1.807) is 6.07 Å². The van der Waals surface area contributed by atoms with Crippen LogP contribution in [0.4, 0.5) is 8.78 Å². The highest BCUT2D eigenvalue weighted by atomic mass is 32.2. The summed E-state index contributed by atoms with van der Waals surface area (Å²) < 4.78 is 52.6. The van der Waals surface area contributed by atoms with E-state index in [4.69, 9.17) is 0 Å². The Morgan fingerprint density at radius 3 is 2.46 bits per heavy atom. The molecule has 0 bridgehead atoms. The van der Waals surface area contributed by atoms with Gasteiger partial charge in [-0.25, -0.2) is 17.2 Å². The van der Waals surface area contributed by atoms with Crippen LogP contribution in [0.15, 0.2) is 36.4 Å². The maximum atomic E-state index is 13.4. The number of aromatic nitrogens is 1. The van der Waals surface area contributed by atoms with E-state index in [1.807, 2.05) is 25.2 Å². The number of hydrogen-bond donors (Lipinski definition) is 0. The molecule has 3 aromatic rings. The summed E-state index contributed by atoms with van der Waals surface area (Å²) in [6.45, 7) is 0. The van der Waals surface area contributed by atoms with Crippen LogP contribution in [0.1, 0.15) is 29.8 Å². The molecular formula is C20H21F2NO2S. The molecule has 0 saturated carbocycles. The first kappa shape index (κ1) is 18.6. The topological polar surface area (TPSA) is 39.1 Å². The highest BCUT2D eigenvalue weighted by Crippen LogP contribution is 2.32. The fraction of sp³-hybridized carbons (Fsp3) is 0.300. The third-order valence-corrected chi connectivity index (χ3v) is 6.46. The van der Waals surface area contributed by atoms with Gasteiger partial charge in [-0.3, -0.25) is 0 Å². The molecule has 0 amide bonds. The molecular weight excluding hydrogens is 356 g/mol. The van der Waals surface area contributed by atoms with E-state index in [1.165, 1.54) is 6.07 Å². The minimum atomic E-state index is -3.06. The van der Waals surface area contributed by atoms with E-state index >= 15 is 0 Å². The van der Waals surface area contributed by atoms with Gasteiger partial charge >= 0.3 is 0 Å². The standard InChI is InChI=1S/C19H17F2NO2S.CH4/c1-22-18-5-3-12(8-13-2-4-16(20)17(21)10-13)9-14(18)15-11-25(23,24)7-6-19(15)22;/h2-5,9-10H,6-8,11H2,1H3;1H4. The van der Waals surface area contributed by atoms with Crippen molar-refractivity contribution in [3.05, 3.63) is 70.4 Å². The fourth-order valence-electron chi connectivity index (χ4n) is 3.64. The molecule has 4 rings (SSSR count). The first-order valence-corrected chi connectivity index (χ1v) is 9.89. The van der Waals surface area contributed by atoms with Gasteiger partial charge in [0.15, 0.2) is 21.5 Å². The van der Waals surface area contributed by atoms with Crippen LogP contribution in [-0.2, 0) is 35.5 Å². The summed E-state index contributed by atoms with van der Waals surface area (Å²) in [5.74, 6) is -1.47. The van der Waals surface area contributed by atoms with Gasteiger partial charge in [-0.05, 0) is 47.4 Å². The number of rotatable bonds is 2. The van der Waals surface area contributed by atoms with Crippen LogP contribution >= 0.6 is 0 Å². The minimum Gasteiger partial charge on any atom is -0.347 e. The van der Waals surface area contributed by atoms with Gasteiger partial charge in [0.05, 0.1) is 11.5 Å². The van der Waals surface area contributed by atoms with Crippen LogP contribution in [-0.4, -0.2) is 18.7 Å². The largest absolute Gasteiger partial charge is 0.347 e. The predicted molar refractivity (Wildman–Crippen MR) is 100 cm³/mol. The molecule has 0 N–H and O–H groups in total. The van der Waals surface area contributed by atoms with E-state index in [-0.39, 0.29) is 18.9 Å². The average Bonchev–Trinajstić information content (AvgIpc) is 2.82. The molecule has 2 heterocycles. The SMILES string of the molecule is C.Cn1c2c(c3cc(Cc4ccc(F)c(F)c4)ccc31)CS(=O)(=O)CC2. The Bertz CT molecular complexity index is 1100. The Balaban J connectivity index is 0.00000196. The summed E-state index contributed by atoms with van der Waals surface area (Å²) in [6, 6.07) is 9.77. The summed E-state index contributed by atoms with van der Waals surface area (Å²) in [6.07, 6.45) is 0.991. The lowest BCUT2D eigenvalue weighted by atomic mass is 10.0. The molecule has 0 fully saturated rings. The highest BCUT2D eigenvalue weighted by molar-refractivity contribution is 7.90. The van der Waals surface area contributed by atoms with Gasteiger partial charge in [0, 0.05) is 30.1 Å². The van der Waals surface area contributed by atoms with Gasteiger partial charge in [0.25, 0.3) is 0 Å². The van der Waals surface area contributed by atoms with E-state index in [0.29, 0.717) is 18.4 Å². The van der Waals surface area contributed by atoms with Gasteiger partial charge < -0.3 is 4.57 Å². The first-order chi connectivity index (χ1) is 11.8. The normalized spacial score (nSPS) is 15.5. The van der Waals surface area contributed by atoms with E-state index in [0.717, 1.165) is 33.8 Å². The molecule has 1 aliphatic rings. The summed E-state index contributed by atoms with van der Waals surface area (Å²) in [5.41, 5.74) is 4.55. The van der Waals surface area contributed by atoms with E-state index in [9.17, 15) is 17.2 Å². The summed E-state index contributed by atoms with van der Waals surface area (Å²) >= 11 is 0. The smallest absolute Gasteiger partial charge is 0.159 e. The quantitative estimate of drug-likeness (QED) is 0.673. The summed E-state index contributed by atoms with van der Waals surface area (Å²) in [5, 5.41) is 0.931. The lowest BCUT2D eigenvalue weighted by molar-refractivity contribution is 0.507. The molecule has 3 nitrogen and oxygen atoms in total. The Morgan fingerprint density at radius 2 is 1.73 bits per heavy atom. The number of nitrogens with zero attached hydrogens (tertiary/aromatic N) is 1. The van der Waals surface area contributed by atoms with Crippen molar-refractivity contribution in [2.75, 3.05) is 5.75 Å². The maximum Gasteiger partial charge on any atom is 0.159 e. The van der Waals surface area contributed by atoms with Gasteiger partial charge in [-0.1, -0.05) is 19.6 Å². The zero-order chi connectivity index (χ0) is 17.8. The summed E-state index contributed by atoms with van der Waals surface area (Å²) in [7, 11) is -1.11. The molecule has 0 atom stereocenters. The van der Waals surface area contributed by atoms with Crippen molar-refractivity contribution >= 4 is 20.7 Å². The van der Waals surface area contributed by atoms with Crippen LogP contribution in [0, 0.1) is 11.6 Å². The zero-order valence-corrected chi connectivity index (χ0v) is 14.5. The monoisotopic (exact) mass is 377 g/mol. The van der Waals surface area contributed by atoms with Crippen LogP contribution in [0.2, 0.25) is 0 Å². The Hall–Kier alpha value is -2.21. The molecule has 0 spiro atoms. The molecule has 1 aromatic heterocycles. The second kappa shape index (κ2) is 6.50. The number of aryl methyl sites for hydroxylation is 1. The van der Waals surface area contributed by atoms with Crippen LogP contribution < -0.4 is 0 Å². The number of benzene rings is 2. The highest BCUT2D eigenvalue weighted by Gasteiger charge is 2.26. The predicted octanol–water partition coefficient (Wildman–Crippen LogP) is 4.15. The Labute approximate surface area is 152 Å². The van der Waals surface area contributed by atoms with Gasteiger partial charge in [-0.15, -0.1) is 0 Å². The van der Waals surface area contributed by atoms with Crippen molar-refractivity contribution in [1.82, 2.24) is 4.57 Å². The molecule has 0 unspecified atom stereocenters. The second-order valence-corrected chi connectivity index (χ2v) is 8.79. The molecule has 138 valence electrons. The average molecular weight is 377 g/mol. The Kier molecular flexibility index (Phi) is 4.65. The zero-order valence-electron chi connectivity index (χ0n) is 13.7. The van der Waals surface area contributed by atoms with Crippen LogP contribution in [0.3, 0.4) is 0 Å². The molecule has 0 radical (unpaired) electrons. The third-order valence-electron chi connectivity index (χ3n) is 4.91. The lowest BCUT2D eigenvalue weighted by Gasteiger charge is -2.14. The number of halogens is 2. The molecule has 1 aliphatic heterocycles. The van der Waals surface area contributed by atoms with Gasteiger partial charge in [0.1, 0.15) is 0 Å². The second-order valence-electron chi connectivity index (χ2n) is 6.60. The van der Waals surface area contributed by atoms with E-state index < -0.39 is 21.5 Å². The fourth-order valence-corrected chi connectivity index (χ4v) is 5.05. The number of fused-ring (bicyclic) bond motifs is 3. The van der Waals surface area contributed by atoms with Crippen molar-refractivity contribution in [2.24, 2.45) is 7.05 Å². The minimum absolute atomic E-state index is 0. The summed E-state index contributed by atoms with van der Waals surface area (Å²) in [4.78, 5) is 0. The number of sulfone groups is 1. The molecule has 26 heavy (non-hydrogen) atoms. The number of hydrogen-bond acceptors (Lipinski definition) is 2. The third kappa shape index (κ3) is 3.14. The van der Waals surface area contributed by atoms with Gasteiger partial charge in [0.2, 0.25) is 0 Å². The Morgan fingerprint density at radius 1 is 1.04 bits per heavy atom. The lowest BCUT2D eigenvalue weighted by Crippen LogP contribution is -2.19. The molecule has 0 saturated heterocycles. The van der Waals surface area contributed by atoms with Crippen molar-refractivity contribution < 1.29 is 17.2 Å². The first-order valence-electron chi connectivity index (χ1n) is 8.07. The van der Waals surface area contributed by atoms with Crippen molar-refractivity contribution in [2.45, 2.75) is 26.0 Å². The van der Waals surface area contributed by atoms with Crippen LogP contribution in [0.25, 0.3) is 10.9 Å². The molecule has 6 heteroatoms. The van der Waals surface area contributed by atoms with Crippen LogP contribution in [0.5, 0.6) is 0 Å². The van der Waals surface area contributed by atoms with Crippen molar-refractivity contribution in [3.63, 3.8) is 0 Å². The molecule has 2 aromatic carbocycles. The maximum absolute atomic E-state index is 13.4. The van der Waals surface area contributed by atoms with E-state index in [2.05, 4.69) is 4.57 Å².